The molecule has 2 rings (SSSR count). The number of carbonyl (C=O) groups is 3. The Morgan fingerprint density at radius 2 is 1.80 bits per heavy atom. The summed E-state index contributed by atoms with van der Waals surface area (Å²) in [6.45, 7) is -0.571. The molecular weight excluding hydrogens is 336 g/mol. The van der Waals surface area contributed by atoms with Gasteiger partial charge in [0.2, 0.25) is 5.54 Å². The number of anilines is 1. The number of carbonyl (C=O) groups excluding carboxylic acids is 1. The molecule has 1 aromatic carbocycles. The first-order chi connectivity index (χ1) is 11.7. The molecule has 0 radical (unpaired) electrons. The highest BCUT2D eigenvalue weighted by molar-refractivity contribution is 5.89. The summed E-state index contributed by atoms with van der Waals surface area (Å²) in [5, 5.41) is 40.1. The number of hydrogen-bond donors (Lipinski definition) is 5. The second kappa shape index (κ2) is 6.67. The van der Waals surface area contributed by atoms with Crippen LogP contribution in [0.15, 0.2) is 30.3 Å². The van der Waals surface area contributed by atoms with Crippen molar-refractivity contribution in [3.8, 4) is 0 Å². The van der Waals surface area contributed by atoms with Crippen molar-refractivity contribution in [3.05, 3.63) is 30.3 Å². The third-order valence-electron chi connectivity index (χ3n) is 4.13. The summed E-state index contributed by atoms with van der Waals surface area (Å²) in [6.07, 6.45) is -3.49. The van der Waals surface area contributed by atoms with Crippen LogP contribution in [0.1, 0.15) is 12.8 Å². The fourth-order valence-electron chi connectivity index (χ4n) is 2.87. The predicted molar refractivity (Wildman–Crippen MR) is 82.3 cm³/mol. The van der Waals surface area contributed by atoms with E-state index in [1.165, 1.54) is 24.3 Å². The van der Waals surface area contributed by atoms with Crippen molar-refractivity contribution in [3.63, 3.8) is 0 Å². The van der Waals surface area contributed by atoms with Gasteiger partial charge in [0, 0.05) is 12.8 Å². The van der Waals surface area contributed by atoms with Crippen LogP contribution in [0.3, 0.4) is 0 Å². The minimum atomic E-state index is -2.50. The maximum Gasteiger partial charge on any atom is 0.345 e. The van der Waals surface area contributed by atoms with Crippen molar-refractivity contribution in [2.75, 3.05) is 11.6 Å². The number of aliphatic hydroxyl groups excluding tert-OH is 1. The van der Waals surface area contributed by atoms with Crippen LogP contribution in [0.5, 0.6) is 0 Å². The van der Waals surface area contributed by atoms with Gasteiger partial charge in [-0.05, 0) is 12.1 Å². The summed E-state index contributed by atoms with van der Waals surface area (Å²) >= 11 is 0. The number of carboxylic acids is 2. The first-order valence-corrected chi connectivity index (χ1v) is 7.31. The van der Waals surface area contributed by atoms with Crippen molar-refractivity contribution in [1.29, 1.82) is 0 Å². The van der Waals surface area contributed by atoms with E-state index < -0.39 is 54.5 Å². The van der Waals surface area contributed by atoms with Gasteiger partial charge in [-0.3, -0.25) is 0 Å². The van der Waals surface area contributed by atoms with Gasteiger partial charge in [0.05, 0.1) is 18.3 Å². The van der Waals surface area contributed by atoms with Crippen LogP contribution in [0.25, 0.3) is 0 Å². The average molecular weight is 354 g/mol. The average Bonchev–Trinajstić information content (AvgIpc) is 2.86. The molecule has 25 heavy (non-hydrogen) atoms. The van der Waals surface area contributed by atoms with E-state index in [-0.39, 0.29) is 5.69 Å². The van der Waals surface area contributed by atoms with E-state index in [1.54, 1.807) is 6.07 Å². The van der Waals surface area contributed by atoms with E-state index in [4.69, 9.17) is 10.6 Å². The van der Waals surface area contributed by atoms with Crippen molar-refractivity contribution in [1.82, 2.24) is 0 Å². The number of aliphatic carboxylic acids is 2. The third-order valence-corrected chi connectivity index (χ3v) is 4.13. The first kappa shape index (κ1) is 18.6. The van der Waals surface area contributed by atoms with E-state index in [2.05, 4.69) is 0 Å². The SMILES string of the molecule is NCC(=O)ON(c1ccccc1)C1(C(=O)O)CC(O)(C(=O)O)CC1O. The molecule has 0 saturated heterocycles. The molecule has 1 fully saturated rings. The monoisotopic (exact) mass is 354 g/mol. The zero-order valence-corrected chi connectivity index (χ0v) is 13.0. The molecule has 0 aromatic heterocycles. The van der Waals surface area contributed by atoms with Gasteiger partial charge in [0.1, 0.15) is 0 Å². The molecule has 136 valence electrons. The van der Waals surface area contributed by atoms with Crippen LogP contribution < -0.4 is 10.8 Å². The Labute approximate surface area is 142 Å². The molecule has 1 aliphatic rings. The first-order valence-electron chi connectivity index (χ1n) is 7.31. The van der Waals surface area contributed by atoms with Gasteiger partial charge in [0.25, 0.3) is 0 Å². The van der Waals surface area contributed by atoms with Crippen LogP contribution in [-0.2, 0) is 19.2 Å². The Morgan fingerprint density at radius 3 is 2.24 bits per heavy atom. The standard InChI is InChI=1S/C15H18N2O8/c16-7-11(19)25-17(9-4-2-1-3-5-9)15(13(22)23)8-14(24,12(20)21)6-10(15)18/h1-5,10,18,24H,6-8,16H2,(H,20,21)(H,22,23). The highest BCUT2D eigenvalue weighted by Crippen LogP contribution is 2.44. The summed E-state index contributed by atoms with van der Waals surface area (Å²) in [5.74, 6) is -4.35. The molecule has 0 spiro atoms. The van der Waals surface area contributed by atoms with E-state index >= 15 is 0 Å². The van der Waals surface area contributed by atoms with Gasteiger partial charge >= 0.3 is 17.9 Å². The Hall–Kier alpha value is -2.69. The second-order valence-corrected chi connectivity index (χ2v) is 5.76. The van der Waals surface area contributed by atoms with Crippen LogP contribution in [0.2, 0.25) is 0 Å². The molecule has 3 atom stereocenters. The van der Waals surface area contributed by atoms with Gasteiger partial charge in [-0.1, -0.05) is 18.2 Å². The molecule has 10 heteroatoms. The van der Waals surface area contributed by atoms with E-state index in [1.807, 2.05) is 0 Å². The fourth-order valence-corrected chi connectivity index (χ4v) is 2.87. The van der Waals surface area contributed by atoms with Gasteiger partial charge in [-0.15, -0.1) is 0 Å². The fraction of sp³-hybridized carbons (Fsp3) is 0.400. The van der Waals surface area contributed by atoms with E-state index in [9.17, 15) is 34.8 Å². The minimum absolute atomic E-state index is 0.0698. The van der Waals surface area contributed by atoms with Crippen LogP contribution in [0.4, 0.5) is 5.69 Å². The Kier molecular flexibility index (Phi) is 4.97. The predicted octanol–water partition coefficient (Wildman–Crippen LogP) is -1.30. The molecule has 0 aliphatic heterocycles. The Balaban J connectivity index is 2.59. The van der Waals surface area contributed by atoms with Gasteiger partial charge in [-0.2, -0.15) is 5.06 Å². The number of rotatable bonds is 6. The summed E-state index contributed by atoms with van der Waals surface area (Å²) < 4.78 is 0. The number of nitrogens with two attached hydrogens (primary N) is 1. The third kappa shape index (κ3) is 3.14. The summed E-state index contributed by atoms with van der Waals surface area (Å²) in [6, 6.07) is 7.48. The summed E-state index contributed by atoms with van der Waals surface area (Å²) in [5.41, 5.74) is 0.364. The molecule has 10 nitrogen and oxygen atoms in total. The molecular formula is C15H18N2O8. The lowest BCUT2D eigenvalue weighted by Gasteiger charge is -2.39. The number of aliphatic hydroxyl groups is 2. The van der Waals surface area contributed by atoms with Crippen molar-refractivity contribution in [2.45, 2.75) is 30.1 Å². The normalized spacial score (nSPS) is 28.4. The van der Waals surface area contributed by atoms with Crippen LogP contribution in [0, 0.1) is 0 Å². The maximum absolute atomic E-state index is 12.0. The number of benzene rings is 1. The van der Waals surface area contributed by atoms with Crippen molar-refractivity contribution >= 4 is 23.6 Å². The summed E-state index contributed by atoms with van der Waals surface area (Å²) in [4.78, 5) is 40.0. The van der Waals surface area contributed by atoms with Crippen LogP contribution >= 0.6 is 0 Å². The topological polar surface area (TPSA) is 171 Å². The van der Waals surface area contributed by atoms with Crippen molar-refractivity contribution < 1.29 is 39.6 Å². The van der Waals surface area contributed by atoms with Gasteiger partial charge < -0.3 is 31.0 Å². The van der Waals surface area contributed by atoms with E-state index in [0.717, 1.165) is 0 Å². The second-order valence-electron chi connectivity index (χ2n) is 5.76. The maximum atomic E-state index is 12.0. The molecule has 1 aliphatic carbocycles. The number of hydrogen-bond acceptors (Lipinski definition) is 8. The highest BCUT2D eigenvalue weighted by Gasteiger charge is 2.66. The zero-order chi connectivity index (χ0) is 18.8. The molecule has 0 bridgehead atoms. The minimum Gasteiger partial charge on any atom is -0.479 e. The van der Waals surface area contributed by atoms with E-state index in [0.29, 0.717) is 5.06 Å². The molecule has 0 amide bonds. The lowest BCUT2D eigenvalue weighted by atomic mass is 9.91. The molecule has 6 N–H and O–H groups in total. The largest absolute Gasteiger partial charge is 0.479 e. The smallest absolute Gasteiger partial charge is 0.345 e. The van der Waals surface area contributed by atoms with Crippen molar-refractivity contribution in [2.24, 2.45) is 5.73 Å². The molecule has 1 aromatic rings. The van der Waals surface area contributed by atoms with Crippen LogP contribution in [-0.4, -0.2) is 62.1 Å². The Morgan fingerprint density at radius 1 is 1.20 bits per heavy atom. The Bertz CT molecular complexity index is 681. The number of para-hydroxylation sites is 1. The number of hydroxylamine groups is 1. The molecule has 3 unspecified atom stereocenters. The molecule has 1 saturated carbocycles. The highest BCUT2D eigenvalue weighted by atomic mass is 16.7. The van der Waals surface area contributed by atoms with Gasteiger partial charge in [0.15, 0.2) is 5.60 Å². The van der Waals surface area contributed by atoms with Gasteiger partial charge in [-0.25, -0.2) is 14.4 Å². The number of nitrogens with zero attached hydrogens (tertiary/aromatic N) is 1. The lowest BCUT2D eigenvalue weighted by Crippen LogP contribution is -2.61. The zero-order valence-electron chi connectivity index (χ0n) is 13.0. The lowest BCUT2D eigenvalue weighted by molar-refractivity contribution is -0.161. The summed E-state index contributed by atoms with van der Waals surface area (Å²) in [7, 11) is 0. The molecule has 0 heterocycles. The quantitative estimate of drug-likeness (QED) is 0.387. The number of carboxylic acid groups (broad SMARTS) is 2.